The number of nitrogens with one attached hydrogen (secondary N) is 1. The Kier molecular flexibility index (Phi) is 6.69. The van der Waals surface area contributed by atoms with Crippen molar-refractivity contribution in [3.05, 3.63) is 29.8 Å². The van der Waals surface area contributed by atoms with Crippen molar-refractivity contribution in [3.63, 3.8) is 0 Å². The number of halogens is 1. The highest BCUT2D eigenvalue weighted by molar-refractivity contribution is 7.99. The molecule has 1 fully saturated rings. The molecule has 1 N–H and O–H groups in total. The number of carbonyl (C=O) groups excluding carboxylic acids is 1. The monoisotopic (exact) mass is 300 g/mol. The molecule has 1 heterocycles. The number of carbonyl (C=O) groups is 1. The Bertz CT molecular complexity index is 402. The van der Waals surface area contributed by atoms with Crippen LogP contribution in [0.25, 0.3) is 0 Å². The summed E-state index contributed by atoms with van der Waals surface area (Å²) in [6, 6.07) is 7.96. The molecule has 0 aliphatic carbocycles. The van der Waals surface area contributed by atoms with Gasteiger partial charge in [0.15, 0.2) is 0 Å². The van der Waals surface area contributed by atoms with E-state index in [1.165, 1.54) is 4.90 Å². The lowest BCUT2D eigenvalue weighted by molar-refractivity contribution is 0.0736. The Labute approximate surface area is 125 Å². The molecule has 2 rings (SSSR count). The summed E-state index contributed by atoms with van der Waals surface area (Å²) in [6.45, 7) is 7.75. The van der Waals surface area contributed by atoms with Crippen molar-refractivity contribution in [1.82, 2.24) is 10.2 Å². The first-order valence-corrected chi connectivity index (χ1v) is 7.31. The molecule has 106 valence electrons. The van der Waals surface area contributed by atoms with Crippen molar-refractivity contribution in [2.45, 2.75) is 24.0 Å². The van der Waals surface area contributed by atoms with Gasteiger partial charge in [0.05, 0.1) is 0 Å². The van der Waals surface area contributed by atoms with Crippen molar-refractivity contribution >= 4 is 30.1 Å². The lowest BCUT2D eigenvalue weighted by atomic mass is 10.2. The Morgan fingerprint density at radius 2 is 1.79 bits per heavy atom. The second-order valence-corrected chi connectivity index (χ2v) is 6.38. The van der Waals surface area contributed by atoms with E-state index in [1.54, 1.807) is 0 Å². The molecular weight excluding hydrogens is 280 g/mol. The van der Waals surface area contributed by atoms with Crippen LogP contribution in [-0.2, 0) is 0 Å². The van der Waals surface area contributed by atoms with E-state index in [1.807, 2.05) is 40.9 Å². The average Bonchev–Trinajstić information content (AvgIpc) is 2.39. The topological polar surface area (TPSA) is 32.3 Å². The summed E-state index contributed by atoms with van der Waals surface area (Å²) in [5, 5.41) is 3.82. The van der Waals surface area contributed by atoms with Crippen LogP contribution in [0.4, 0.5) is 0 Å². The molecule has 1 aliphatic heterocycles. The van der Waals surface area contributed by atoms with Gasteiger partial charge in [0.1, 0.15) is 0 Å². The normalized spacial score (nSPS) is 15.2. The second kappa shape index (κ2) is 7.78. The van der Waals surface area contributed by atoms with E-state index in [9.17, 15) is 4.79 Å². The first-order chi connectivity index (χ1) is 8.66. The summed E-state index contributed by atoms with van der Waals surface area (Å²) < 4.78 is 0. The third-order valence-electron chi connectivity index (χ3n) is 2.88. The van der Waals surface area contributed by atoms with Gasteiger partial charge in [0, 0.05) is 41.9 Å². The van der Waals surface area contributed by atoms with Crippen LogP contribution >= 0.6 is 24.2 Å². The molecule has 0 spiro atoms. The average molecular weight is 301 g/mol. The van der Waals surface area contributed by atoms with Gasteiger partial charge in [-0.25, -0.2) is 0 Å². The van der Waals surface area contributed by atoms with E-state index in [0.29, 0.717) is 5.25 Å². The van der Waals surface area contributed by atoms with E-state index in [2.05, 4.69) is 19.2 Å². The smallest absolute Gasteiger partial charge is 0.253 e. The fourth-order valence-electron chi connectivity index (χ4n) is 2.00. The lowest BCUT2D eigenvalue weighted by Crippen LogP contribution is -2.46. The molecule has 3 nitrogen and oxygen atoms in total. The maximum Gasteiger partial charge on any atom is 0.253 e. The summed E-state index contributed by atoms with van der Waals surface area (Å²) in [5.74, 6) is 0.151. The number of nitrogens with zero attached hydrogens (tertiary/aromatic N) is 1. The van der Waals surface area contributed by atoms with Gasteiger partial charge in [-0.1, -0.05) is 13.8 Å². The lowest BCUT2D eigenvalue weighted by Gasteiger charge is -2.27. The molecular formula is C14H21ClN2OS. The predicted molar refractivity (Wildman–Crippen MR) is 83.5 cm³/mol. The van der Waals surface area contributed by atoms with E-state index < -0.39 is 0 Å². The van der Waals surface area contributed by atoms with Crippen LogP contribution in [0.2, 0.25) is 0 Å². The van der Waals surface area contributed by atoms with Gasteiger partial charge in [0.25, 0.3) is 5.91 Å². The van der Waals surface area contributed by atoms with Crippen LogP contribution in [-0.4, -0.2) is 42.2 Å². The van der Waals surface area contributed by atoms with E-state index >= 15 is 0 Å². The number of thioether (sulfide) groups is 1. The van der Waals surface area contributed by atoms with Crippen LogP contribution in [0, 0.1) is 0 Å². The summed E-state index contributed by atoms with van der Waals surface area (Å²) in [6.07, 6.45) is 0. The zero-order chi connectivity index (χ0) is 13.0. The van der Waals surface area contributed by atoms with Gasteiger partial charge in [-0.05, 0) is 24.3 Å². The van der Waals surface area contributed by atoms with Gasteiger partial charge in [-0.15, -0.1) is 24.2 Å². The van der Waals surface area contributed by atoms with Crippen LogP contribution in [0.1, 0.15) is 24.2 Å². The molecule has 1 aromatic carbocycles. The van der Waals surface area contributed by atoms with Gasteiger partial charge in [-0.3, -0.25) is 4.79 Å². The molecule has 1 saturated heterocycles. The van der Waals surface area contributed by atoms with Crippen LogP contribution in [0.5, 0.6) is 0 Å². The molecule has 19 heavy (non-hydrogen) atoms. The number of benzene rings is 1. The standard InChI is InChI=1S/C14H20N2OS.ClH/c1-11(2)18-13-5-3-12(4-6-13)14(17)16-9-7-15-8-10-16;/h3-6,11,15H,7-10H2,1-2H3;1H. The third kappa shape index (κ3) is 4.71. The maximum atomic E-state index is 12.2. The maximum absolute atomic E-state index is 12.2. The molecule has 1 aromatic rings. The molecule has 0 aromatic heterocycles. The number of hydrogen-bond donors (Lipinski definition) is 1. The Hall–Kier alpha value is -0.710. The Balaban J connectivity index is 0.00000180. The van der Waals surface area contributed by atoms with Crippen LogP contribution < -0.4 is 5.32 Å². The molecule has 0 saturated carbocycles. The van der Waals surface area contributed by atoms with E-state index in [-0.39, 0.29) is 18.3 Å². The molecule has 0 unspecified atom stereocenters. The SMILES string of the molecule is CC(C)Sc1ccc(C(=O)N2CCNCC2)cc1.Cl. The molecule has 5 heteroatoms. The molecule has 1 amide bonds. The highest BCUT2D eigenvalue weighted by Crippen LogP contribution is 2.23. The minimum atomic E-state index is 0. The minimum absolute atomic E-state index is 0. The number of hydrogen-bond acceptors (Lipinski definition) is 3. The van der Waals surface area contributed by atoms with Crippen molar-refractivity contribution in [2.75, 3.05) is 26.2 Å². The van der Waals surface area contributed by atoms with Gasteiger partial charge < -0.3 is 10.2 Å². The second-order valence-electron chi connectivity index (χ2n) is 4.73. The molecule has 0 radical (unpaired) electrons. The van der Waals surface area contributed by atoms with Gasteiger partial charge in [-0.2, -0.15) is 0 Å². The Morgan fingerprint density at radius 3 is 2.32 bits per heavy atom. The van der Waals surface area contributed by atoms with Crippen LogP contribution in [0.15, 0.2) is 29.2 Å². The minimum Gasteiger partial charge on any atom is -0.336 e. The first-order valence-electron chi connectivity index (χ1n) is 6.43. The quantitative estimate of drug-likeness (QED) is 0.871. The molecule has 0 atom stereocenters. The zero-order valence-electron chi connectivity index (χ0n) is 11.4. The predicted octanol–water partition coefficient (Wildman–Crippen LogP) is 2.65. The number of piperazine rings is 1. The highest BCUT2D eigenvalue weighted by Gasteiger charge is 2.17. The van der Waals surface area contributed by atoms with E-state index in [4.69, 9.17) is 0 Å². The Morgan fingerprint density at radius 1 is 1.21 bits per heavy atom. The van der Waals surface area contributed by atoms with Crippen molar-refractivity contribution in [3.8, 4) is 0 Å². The summed E-state index contributed by atoms with van der Waals surface area (Å²) in [5.41, 5.74) is 0.796. The van der Waals surface area contributed by atoms with Crippen molar-refractivity contribution < 1.29 is 4.79 Å². The third-order valence-corrected chi connectivity index (χ3v) is 3.89. The number of rotatable bonds is 3. The van der Waals surface area contributed by atoms with E-state index in [0.717, 1.165) is 31.7 Å². The molecule has 1 aliphatic rings. The fraction of sp³-hybridized carbons (Fsp3) is 0.500. The van der Waals surface area contributed by atoms with Gasteiger partial charge >= 0.3 is 0 Å². The number of amides is 1. The molecule has 0 bridgehead atoms. The first kappa shape index (κ1) is 16.3. The van der Waals surface area contributed by atoms with Gasteiger partial charge in [0.2, 0.25) is 0 Å². The van der Waals surface area contributed by atoms with Crippen LogP contribution in [0.3, 0.4) is 0 Å². The summed E-state index contributed by atoms with van der Waals surface area (Å²) >= 11 is 1.82. The summed E-state index contributed by atoms with van der Waals surface area (Å²) in [7, 11) is 0. The summed E-state index contributed by atoms with van der Waals surface area (Å²) in [4.78, 5) is 15.4. The zero-order valence-corrected chi connectivity index (χ0v) is 13.0. The van der Waals surface area contributed by atoms with Crippen molar-refractivity contribution in [1.29, 1.82) is 0 Å². The van der Waals surface area contributed by atoms with Crippen molar-refractivity contribution in [2.24, 2.45) is 0 Å². The highest BCUT2D eigenvalue weighted by atomic mass is 35.5. The fourth-order valence-corrected chi connectivity index (χ4v) is 2.84. The largest absolute Gasteiger partial charge is 0.336 e.